The summed E-state index contributed by atoms with van der Waals surface area (Å²) in [4.78, 5) is 16.8. The van der Waals surface area contributed by atoms with Crippen LogP contribution in [0.2, 0.25) is 0 Å². The average molecular weight is 318 g/mol. The third-order valence-electron chi connectivity index (χ3n) is 3.28. The smallest absolute Gasteiger partial charge is 0.253 e. The summed E-state index contributed by atoms with van der Waals surface area (Å²) in [6, 6.07) is 7.65. The standard InChI is InChI=1S/C16H18N2O3S/c1-11-13-7-4-5-8-14(13)18-12(2)15(11)16(19)17-9-6-10-22(3,20)21/h4-8,10H,9H2,1-3H3,(H,17,19)/b10-6+. The van der Waals surface area contributed by atoms with E-state index in [0.717, 1.165) is 28.1 Å². The minimum absolute atomic E-state index is 0.150. The van der Waals surface area contributed by atoms with E-state index in [0.29, 0.717) is 11.3 Å². The van der Waals surface area contributed by atoms with E-state index < -0.39 is 9.84 Å². The first-order chi connectivity index (χ1) is 10.3. The van der Waals surface area contributed by atoms with Crippen molar-refractivity contribution < 1.29 is 13.2 Å². The SMILES string of the molecule is Cc1nc2ccccc2c(C)c1C(=O)NC/C=C/S(C)(=O)=O. The molecule has 0 fully saturated rings. The predicted octanol–water partition coefficient (Wildman–Crippen LogP) is 2.14. The second-order valence-electron chi connectivity index (χ2n) is 5.13. The molecule has 5 nitrogen and oxygen atoms in total. The van der Waals surface area contributed by atoms with Gasteiger partial charge in [0.2, 0.25) is 0 Å². The number of hydrogen-bond acceptors (Lipinski definition) is 4. The first-order valence-corrected chi connectivity index (χ1v) is 8.76. The van der Waals surface area contributed by atoms with Gasteiger partial charge in [0.1, 0.15) is 0 Å². The summed E-state index contributed by atoms with van der Waals surface area (Å²) in [5.74, 6) is -0.258. The van der Waals surface area contributed by atoms with Gasteiger partial charge in [-0.3, -0.25) is 9.78 Å². The minimum atomic E-state index is -3.18. The number of pyridine rings is 1. The van der Waals surface area contributed by atoms with Crippen LogP contribution in [0.25, 0.3) is 10.9 Å². The van der Waals surface area contributed by atoms with Crippen LogP contribution in [0.4, 0.5) is 0 Å². The lowest BCUT2D eigenvalue weighted by atomic mass is 10.0. The molecule has 1 aromatic carbocycles. The highest BCUT2D eigenvalue weighted by atomic mass is 32.2. The number of carbonyl (C=O) groups is 1. The molecule has 2 rings (SSSR count). The van der Waals surface area contributed by atoms with Gasteiger partial charge >= 0.3 is 0 Å². The van der Waals surface area contributed by atoms with Gasteiger partial charge in [-0.25, -0.2) is 8.42 Å². The number of aromatic nitrogens is 1. The topological polar surface area (TPSA) is 76.1 Å². The Labute approximate surface area is 130 Å². The van der Waals surface area contributed by atoms with Crippen molar-refractivity contribution in [3.8, 4) is 0 Å². The molecule has 1 aromatic heterocycles. The van der Waals surface area contributed by atoms with Crippen LogP contribution in [0.1, 0.15) is 21.6 Å². The molecule has 0 aliphatic rings. The molecule has 0 unspecified atom stereocenters. The van der Waals surface area contributed by atoms with Crippen LogP contribution in [0, 0.1) is 13.8 Å². The van der Waals surface area contributed by atoms with Crippen molar-refractivity contribution >= 4 is 26.6 Å². The molecule has 1 heterocycles. The zero-order valence-corrected chi connectivity index (χ0v) is 13.6. The predicted molar refractivity (Wildman–Crippen MR) is 87.5 cm³/mol. The molecule has 0 radical (unpaired) electrons. The highest BCUT2D eigenvalue weighted by molar-refractivity contribution is 7.93. The van der Waals surface area contributed by atoms with Crippen LogP contribution < -0.4 is 5.32 Å². The fourth-order valence-electron chi connectivity index (χ4n) is 2.33. The number of amides is 1. The van der Waals surface area contributed by atoms with E-state index in [2.05, 4.69) is 10.3 Å². The van der Waals surface area contributed by atoms with Gasteiger partial charge in [-0.1, -0.05) is 24.3 Å². The highest BCUT2D eigenvalue weighted by Crippen LogP contribution is 2.22. The molecule has 22 heavy (non-hydrogen) atoms. The van der Waals surface area contributed by atoms with E-state index in [1.807, 2.05) is 31.2 Å². The van der Waals surface area contributed by atoms with Crippen LogP contribution in [0.3, 0.4) is 0 Å². The van der Waals surface area contributed by atoms with Crippen molar-refractivity contribution in [3.63, 3.8) is 0 Å². The maximum absolute atomic E-state index is 12.3. The number of benzene rings is 1. The number of para-hydroxylation sites is 1. The molecular weight excluding hydrogens is 300 g/mol. The second-order valence-corrected chi connectivity index (χ2v) is 7.06. The minimum Gasteiger partial charge on any atom is -0.348 e. The lowest BCUT2D eigenvalue weighted by Crippen LogP contribution is -2.25. The van der Waals surface area contributed by atoms with Crippen molar-refractivity contribution in [2.75, 3.05) is 12.8 Å². The maximum Gasteiger partial charge on any atom is 0.253 e. The Balaban J connectivity index is 2.27. The van der Waals surface area contributed by atoms with Gasteiger partial charge in [0.25, 0.3) is 5.91 Å². The number of aryl methyl sites for hydroxylation is 2. The Morgan fingerprint density at radius 3 is 2.64 bits per heavy atom. The first-order valence-electron chi connectivity index (χ1n) is 6.80. The van der Waals surface area contributed by atoms with Crippen molar-refractivity contribution in [3.05, 3.63) is 52.6 Å². The number of nitrogens with one attached hydrogen (secondary N) is 1. The second kappa shape index (κ2) is 6.27. The molecule has 0 aliphatic carbocycles. The lowest BCUT2D eigenvalue weighted by Gasteiger charge is -2.11. The fraction of sp³-hybridized carbons (Fsp3) is 0.250. The first kappa shape index (κ1) is 16.2. The maximum atomic E-state index is 12.3. The van der Waals surface area contributed by atoms with Gasteiger partial charge < -0.3 is 5.32 Å². The van der Waals surface area contributed by atoms with E-state index in [1.165, 1.54) is 6.08 Å². The summed E-state index contributed by atoms with van der Waals surface area (Å²) in [7, 11) is -3.18. The summed E-state index contributed by atoms with van der Waals surface area (Å²) in [6.45, 7) is 3.83. The monoisotopic (exact) mass is 318 g/mol. The third-order valence-corrected chi connectivity index (χ3v) is 3.97. The molecule has 0 saturated carbocycles. The molecule has 0 spiro atoms. The number of sulfone groups is 1. The lowest BCUT2D eigenvalue weighted by molar-refractivity contribution is 0.0956. The molecule has 116 valence electrons. The zero-order chi connectivity index (χ0) is 16.3. The molecule has 6 heteroatoms. The van der Waals surface area contributed by atoms with Gasteiger partial charge in [-0.15, -0.1) is 0 Å². The summed E-state index contributed by atoms with van der Waals surface area (Å²) < 4.78 is 22.0. The Morgan fingerprint density at radius 2 is 1.95 bits per heavy atom. The van der Waals surface area contributed by atoms with Crippen molar-refractivity contribution in [1.29, 1.82) is 0 Å². The summed E-state index contributed by atoms with van der Waals surface area (Å²) in [6.07, 6.45) is 2.51. The molecular formula is C16H18N2O3S. The molecule has 1 N–H and O–H groups in total. The fourth-order valence-corrected chi connectivity index (χ4v) is 2.77. The molecule has 0 saturated heterocycles. The number of nitrogens with zero attached hydrogens (tertiary/aromatic N) is 1. The molecule has 1 amide bonds. The molecule has 0 atom stereocenters. The molecule has 0 aliphatic heterocycles. The molecule has 0 bridgehead atoms. The van der Waals surface area contributed by atoms with E-state index in [-0.39, 0.29) is 12.5 Å². The zero-order valence-electron chi connectivity index (χ0n) is 12.8. The van der Waals surface area contributed by atoms with Gasteiger partial charge in [-0.2, -0.15) is 0 Å². The normalized spacial score (nSPS) is 12.0. The van der Waals surface area contributed by atoms with Crippen molar-refractivity contribution in [2.24, 2.45) is 0 Å². The summed E-state index contributed by atoms with van der Waals surface area (Å²) in [5, 5.41) is 4.70. The largest absolute Gasteiger partial charge is 0.348 e. The Morgan fingerprint density at radius 1 is 1.27 bits per heavy atom. The summed E-state index contributed by atoms with van der Waals surface area (Å²) >= 11 is 0. The van der Waals surface area contributed by atoms with E-state index in [1.54, 1.807) is 6.92 Å². The quantitative estimate of drug-likeness (QED) is 0.937. The summed E-state index contributed by atoms with van der Waals surface area (Å²) in [5.41, 5.74) is 2.91. The number of carbonyl (C=O) groups excluding carboxylic acids is 1. The van der Waals surface area contributed by atoms with E-state index in [4.69, 9.17) is 0 Å². The van der Waals surface area contributed by atoms with Crippen LogP contribution in [-0.2, 0) is 9.84 Å². The highest BCUT2D eigenvalue weighted by Gasteiger charge is 2.15. The van der Waals surface area contributed by atoms with E-state index in [9.17, 15) is 13.2 Å². The number of rotatable bonds is 4. The van der Waals surface area contributed by atoms with Crippen molar-refractivity contribution in [2.45, 2.75) is 13.8 Å². The van der Waals surface area contributed by atoms with Crippen LogP contribution in [0.15, 0.2) is 35.7 Å². The van der Waals surface area contributed by atoms with Crippen LogP contribution in [-0.4, -0.2) is 32.1 Å². The van der Waals surface area contributed by atoms with Gasteiger partial charge in [0.05, 0.1) is 16.8 Å². The van der Waals surface area contributed by atoms with Crippen molar-refractivity contribution in [1.82, 2.24) is 10.3 Å². The Bertz CT molecular complexity index is 855. The van der Waals surface area contributed by atoms with Gasteiger partial charge in [-0.05, 0) is 25.5 Å². The number of fused-ring (bicyclic) bond motifs is 1. The molecule has 2 aromatic rings. The Hall–Kier alpha value is -2.21. The van der Waals surface area contributed by atoms with E-state index >= 15 is 0 Å². The average Bonchev–Trinajstić information content (AvgIpc) is 2.42. The van der Waals surface area contributed by atoms with Crippen LogP contribution in [0.5, 0.6) is 0 Å². The van der Waals surface area contributed by atoms with Gasteiger partial charge in [0, 0.05) is 23.6 Å². The Kier molecular flexibility index (Phi) is 4.61. The number of hydrogen-bond donors (Lipinski definition) is 1. The third kappa shape index (κ3) is 3.71. The van der Waals surface area contributed by atoms with Crippen LogP contribution >= 0.6 is 0 Å². The van der Waals surface area contributed by atoms with Gasteiger partial charge in [0.15, 0.2) is 9.84 Å².